The average Bonchev–Trinajstić information content (AvgIpc) is 1.57. The summed E-state index contributed by atoms with van der Waals surface area (Å²) in [4.78, 5) is 2.67. The van der Waals surface area contributed by atoms with Crippen molar-refractivity contribution in [3.05, 3.63) is 351 Å². The van der Waals surface area contributed by atoms with Gasteiger partial charge in [0, 0.05) is 54.7 Å². The molecule has 20 rings (SSSR count). The molecule has 0 radical (unpaired) electrons. The maximum absolute atomic E-state index is 13.5. The van der Waals surface area contributed by atoms with Crippen LogP contribution in [0.15, 0.2) is 340 Å². The summed E-state index contributed by atoms with van der Waals surface area (Å²) in [5, 5.41) is 22.3. The fraction of sp³-hybridized carbons (Fsp3) is 0.0220. The molecule has 97 heavy (non-hydrogen) atoms. The zero-order valence-electron chi connectivity index (χ0n) is 52.7. The molecule has 1 aliphatic heterocycles. The molecule has 0 N–H and O–H groups in total. The first-order chi connectivity index (χ1) is 48.1. The first-order valence-corrected chi connectivity index (χ1v) is 33.4. The van der Waals surface area contributed by atoms with Gasteiger partial charge in [0.15, 0.2) is 0 Å². The molecular weight excluding hydrogens is 1180 g/mol. The third kappa shape index (κ3) is 8.13. The minimum absolute atomic E-state index is 0.0223. The first-order valence-electron chi connectivity index (χ1n) is 33.4. The summed E-state index contributed by atoms with van der Waals surface area (Å²) in [5.74, 6) is -0.0223. The molecule has 6 heteroatoms. The lowest BCUT2D eigenvalue weighted by atomic mass is 9.91. The minimum atomic E-state index is -0.213. The Morgan fingerprint density at radius 2 is 0.546 bits per heavy atom. The first kappa shape index (κ1) is 54.6. The minimum Gasteiger partial charge on any atom is -0.330 e. The maximum atomic E-state index is 13.5. The summed E-state index contributed by atoms with van der Waals surface area (Å²) >= 11 is 0. The van der Waals surface area contributed by atoms with Crippen molar-refractivity contribution in [3.8, 4) is 73.3 Å². The SMILES string of the molecule is N#Cc1c(-n2c3ccccc3c3ccccc32)c(-n2c3ccc(-c4ccccc4)cc3c3cc(-c4ccccc4)ccc32)c(N2c3ccccc3C3C=CC=CC32)c(-n2c3ccc(-c4ccccc4)cc3c3cc(-c4ccccc4)ccc32)c1-n1c2ccccc2c2ccccc21. The van der Waals surface area contributed by atoms with Gasteiger partial charge in [0.25, 0.3) is 0 Å². The van der Waals surface area contributed by atoms with E-state index in [9.17, 15) is 5.26 Å². The number of fused-ring (bicyclic) bond motifs is 15. The summed E-state index contributed by atoms with van der Waals surface area (Å²) in [6.07, 6.45) is 9.25. The summed E-state index contributed by atoms with van der Waals surface area (Å²) in [6.45, 7) is 0. The molecule has 1 aliphatic carbocycles. The standard InChI is InChI=1S/C91H58N6/c92-57-76-87(93-77-39-19-13-33-66(77)67-34-14-20-40-78(67)93)89(96-83-49-45-62(58-25-5-1-6-26-58)53-72(83)73-54-63(46-50-84(73)96)59-27-7-2-8-28-59)91(95-81-43-23-17-37-70(81)71-38-18-24-44-82(71)95)90(88(76)94-79-41-21-15-35-68(79)69-36-16-22-42-80(69)94)97-85-51-47-64(60-29-9-3-10-30-60)55-74(85)75-56-65(48-52-86(75)97)61-31-11-4-12-32-61/h1-56,70,81H. The van der Waals surface area contributed by atoms with Gasteiger partial charge in [-0.2, -0.15) is 5.26 Å². The summed E-state index contributed by atoms with van der Waals surface area (Å²) < 4.78 is 9.99. The second-order valence-corrected chi connectivity index (χ2v) is 25.7. The van der Waals surface area contributed by atoms with Crippen molar-refractivity contribution in [2.75, 3.05) is 4.90 Å². The highest BCUT2D eigenvalue weighted by molar-refractivity contribution is 6.19. The van der Waals surface area contributed by atoms with Crippen LogP contribution >= 0.6 is 0 Å². The molecule has 4 aromatic heterocycles. The van der Waals surface area contributed by atoms with Crippen LogP contribution < -0.4 is 4.90 Å². The number of anilines is 2. The van der Waals surface area contributed by atoms with Crippen molar-refractivity contribution >= 4 is 98.6 Å². The Bertz CT molecular complexity index is 5750. The number of benzene rings is 14. The van der Waals surface area contributed by atoms with Gasteiger partial charge in [0.05, 0.1) is 78.6 Å². The second kappa shape index (κ2) is 21.6. The summed E-state index contributed by atoms with van der Waals surface area (Å²) in [5.41, 5.74) is 24.1. The summed E-state index contributed by atoms with van der Waals surface area (Å²) in [7, 11) is 0. The van der Waals surface area contributed by atoms with Gasteiger partial charge < -0.3 is 23.2 Å². The molecule has 14 aromatic carbocycles. The zero-order valence-corrected chi connectivity index (χ0v) is 52.7. The fourth-order valence-electron chi connectivity index (χ4n) is 16.5. The van der Waals surface area contributed by atoms with Crippen LogP contribution in [-0.4, -0.2) is 24.3 Å². The van der Waals surface area contributed by atoms with Gasteiger partial charge in [0.2, 0.25) is 0 Å². The molecule has 6 nitrogen and oxygen atoms in total. The third-order valence-corrected chi connectivity index (χ3v) is 20.7. The van der Waals surface area contributed by atoms with Gasteiger partial charge in [-0.3, -0.25) is 0 Å². The van der Waals surface area contributed by atoms with Crippen molar-refractivity contribution < 1.29 is 0 Å². The van der Waals surface area contributed by atoms with E-state index in [1.165, 1.54) is 5.56 Å². The maximum Gasteiger partial charge on any atom is 0.105 e. The van der Waals surface area contributed by atoms with Crippen molar-refractivity contribution in [1.29, 1.82) is 5.26 Å². The van der Waals surface area contributed by atoms with Crippen molar-refractivity contribution in [1.82, 2.24) is 18.3 Å². The molecule has 0 fully saturated rings. The molecule has 0 bridgehead atoms. The lowest BCUT2D eigenvalue weighted by Crippen LogP contribution is -2.31. The number of hydrogen-bond donors (Lipinski definition) is 0. The molecular formula is C91H58N6. The van der Waals surface area contributed by atoms with Gasteiger partial charge in [0.1, 0.15) is 11.6 Å². The molecule has 0 saturated carbocycles. The van der Waals surface area contributed by atoms with Crippen LogP contribution in [0, 0.1) is 11.3 Å². The van der Waals surface area contributed by atoms with E-state index in [0.717, 1.165) is 166 Å². The quantitative estimate of drug-likeness (QED) is 0.145. The highest BCUT2D eigenvalue weighted by Gasteiger charge is 2.44. The smallest absolute Gasteiger partial charge is 0.105 e. The number of hydrogen-bond acceptors (Lipinski definition) is 2. The zero-order chi connectivity index (χ0) is 63.8. The van der Waals surface area contributed by atoms with Gasteiger partial charge in [-0.05, 0) is 129 Å². The molecule has 2 atom stereocenters. The number of nitriles is 1. The molecule has 0 amide bonds. The Balaban J connectivity index is 1.08. The number of allylic oxidation sites excluding steroid dienone is 2. The molecule has 0 saturated heterocycles. The largest absolute Gasteiger partial charge is 0.330 e. The normalized spacial score (nSPS) is 14.3. The summed E-state index contributed by atoms with van der Waals surface area (Å²) in [6, 6.07) is 118. The van der Waals surface area contributed by atoms with Crippen molar-refractivity contribution in [2.24, 2.45) is 0 Å². The van der Waals surface area contributed by atoms with E-state index in [0.29, 0.717) is 5.56 Å². The predicted molar refractivity (Wildman–Crippen MR) is 404 cm³/mol. The molecule has 2 aliphatic rings. The van der Waals surface area contributed by atoms with Crippen LogP contribution in [0.1, 0.15) is 17.0 Å². The molecule has 0 spiro atoms. The van der Waals surface area contributed by atoms with E-state index in [1.807, 2.05) is 0 Å². The Morgan fingerprint density at radius 1 is 0.247 bits per heavy atom. The van der Waals surface area contributed by atoms with Gasteiger partial charge >= 0.3 is 0 Å². The Morgan fingerprint density at radius 3 is 0.907 bits per heavy atom. The van der Waals surface area contributed by atoms with E-state index in [-0.39, 0.29) is 12.0 Å². The third-order valence-electron chi connectivity index (χ3n) is 20.7. The van der Waals surface area contributed by atoms with Crippen LogP contribution in [0.5, 0.6) is 0 Å². The van der Waals surface area contributed by atoms with E-state index < -0.39 is 0 Å². The second-order valence-electron chi connectivity index (χ2n) is 25.7. The predicted octanol–water partition coefficient (Wildman–Crippen LogP) is 23.3. The van der Waals surface area contributed by atoms with Crippen LogP contribution in [0.25, 0.3) is 154 Å². The number of nitrogens with zero attached hydrogens (tertiary/aromatic N) is 6. The molecule has 18 aromatic rings. The highest BCUT2D eigenvalue weighted by atomic mass is 15.3. The van der Waals surface area contributed by atoms with Crippen LogP contribution in [0.4, 0.5) is 11.4 Å². The fourth-order valence-corrected chi connectivity index (χ4v) is 16.5. The average molecular weight is 1240 g/mol. The Labute approximate surface area is 559 Å². The number of para-hydroxylation sites is 5. The number of rotatable bonds is 9. The topological polar surface area (TPSA) is 46.8 Å². The molecule has 5 heterocycles. The van der Waals surface area contributed by atoms with Gasteiger partial charge in [-0.1, -0.05) is 261 Å². The van der Waals surface area contributed by atoms with Crippen LogP contribution in [0.3, 0.4) is 0 Å². The van der Waals surface area contributed by atoms with E-state index >= 15 is 0 Å². The van der Waals surface area contributed by atoms with Gasteiger partial charge in [-0.25, -0.2) is 0 Å². The Kier molecular flexibility index (Phi) is 12.1. The Hall–Kier alpha value is -13.0. The highest BCUT2D eigenvalue weighted by Crippen LogP contribution is 2.58. The number of aromatic nitrogens is 4. The van der Waals surface area contributed by atoms with Crippen molar-refractivity contribution in [3.63, 3.8) is 0 Å². The lowest BCUT2D eigenvalue weighted by molar-refractivity contribution is 0.741. The monoisotopic (exact) mass is 1230 g/mol. The van der Waals surface area contributed by atoms with E-state index in [4.69, 9.17) is 0 Å². The van der Waals surface area contributed by atoms with Crippen molar-refractivity contribution in [2.45, 2.75) is 12.0 Å². The molecule has 2 unspecified atom stereocenters. The molecule has 452 valence electrons. The van der Waals surface area contributed by atoms with E-state index in [1.54, 1.807) is 0 Å². The van der Waals surface area contributed by atoms with Gasteiger partial charge in [-0.15, -0.1) is 0 Å². The lowest BCUT2D eigenvalue weighted by Gasteiger charge is -2.36. The van der Waals surface area contributed by atoms with Crippen LogP contribution in [0.2, 0.25) is 0 Å². The van der Waals surface area contributed by atoms with E-state index in [2.05, 4.69) is 369 Å². The van der Waals surface area contributed by atoms with Crippen LogP contribution in [-0.2, 0) is 0 Å².